The van der Waals surface area contributed by atoms with Crippen LogP contribution in [0.4, 0.5) is 5.69 Å². The van der Waals surface area contributed by atoms with Crippen LogP contribution < -0.4 is 10.1 Å². The highest BCUT2D eigenvalue weighted by Gasteiger charge is 2.39. The SMILES string of the molecule is CCc1cc(O)c2c(c1)OC(=O)[C@@](C)(CC)N2. The number of fused-ring (bicyclic) bond motifs is 1. The van der Waals surface area contributed by atoms with E-state index in [2.05, 4.69) is 5.32 Å². The normalized spacial score (nSPS) is 22.6. The second kappa shape index (κ2) is 3.95. The van der Waals surface area contributed by atoms with E-state index in [1.807, 2.05) is 13.8 Å². The Labute approximate surface area is 101 Å². The number of benzene rings is 1. The number of anilines is 1. The van der Waals surface area contributed by atoms with Gasteiger partial charge in [-0.25, -0.2) is 4.79 Å². The molecule has 1 aromatic rings. The zero-order chi connectivity index (χ0) is 12.6. The number of rotatable bonds is 2. The number of hydrogen-bond acceptors (Lipinski definition) is 4. The van der Waals surface area contributed by atoms with Crippen molar-refractivity contribution < 1.29 is 14.6 Å². The van der Waals surface area contributed by atoms with Crippen molar-refractivity contribution in [1.29, 1.82) is 0 Å². The molecule has 92 valence electrons. The van der Waals surface area contributed by atoms with Gasteiger partial charge >= 0.3 is 5.97 Å². The second-order valence-electron chi connectivity index (χ2n) is 4.54. The Bertz CT molecular complexity index is 470. The highest BCUT2D eigenvalue weighted by atomic mass is 16.5. The van der Waals surface area contributed by atoms with Crippen molar-refractivity contribution in [2.75, 3.05) is 5.32 Å². The van der Waals surface area contributed by atoms with E-state index < -0.39 is 5.54 Å². The number of carbonyl (C=O) groups excluding carboxylic acids is 1. The van der Waals surface area contributed by atoms with E-state index in [1.165, 1.54) is 0 Å². The molecule has 0 amide bonds. The first-order chi connectivity index (χ1) is 8.00. The first kappa shape index (κ1) is 11.8. The minimum atomic E-state index is -0.766. The third-order valence-electron chi connectivity index (χ3n) is 3.31. The molecule has 1 aliphatic heterocycles. The molecule has 0 fully saturated rings. The van der Waals surface area contributed by atoms with Crippen molar-refractivity contribution in [3.8, 4) is 11.5 Å². The predicted molar refractivity (Wildman–Crippen MR) is 65.4 cm³/mol. The van der Waals surface area contributed by atoms with Crippen molar-refractivity contribution in [3.05, 3.63) is 17.7 Å². The number of aromatic hydroxyl groups is 1. The lowest BCUT2D eigenvalue weighted by Gasteiger charge is -2.34. The molecule has 4 heteroatoms. The third-order valence-corrected chi connectivity index (χ3v) is 3.31. The maximum atomic E-state index is 11.9. The van der Waals surface area contributed by atoms with Gasteiger partial charge in [0, 0.05) is 0 Å². The van der Waals surface area contributed by atoms with Crippen LogP contribution in [0.2, 0.25) is 0 Å². The van der Waals surface area contributed by atoms with Crippen molar-refractivity contribution in [3.63, 3.8) is 0 Å². The minimum Gasteiger partial charge on any atom is -0.506 e. The van der Waals surface area contributed by atoms with Crippen molar-refractivity contribution in [2.24, 2.45) is 0 Å². The minimum absolute atomic E-state index is 0.131. The van der Waals surface area contributed by atoms with E-state index >= 15 is 0 Å². The average molecular weight is 235 g/mol. The Morgan fingerprint density at radius 2 is 2.12 bits per heavy atom. The summed E-state index contributed by atoms with van der Waals surface area (Å²) in [5.41, 5.74) is 0.681. The quantitative estimate of drug-likeness (QED) is 0.469. The van der Waals surface area contributed by atoms with E-state index in [0.29, 0.717) is 17.9 Å². The van der Waals surface area contributed by atoms with E-state index in [1.54, 1.807) is 19.1 Å². The molecule has 4 nitrogen and oxygen atoms in total. The fourth-order valence-corrected chi connectivity index (χ4v) is 1.84. The summed E-state index contributed by atoms with van der Waals surface area (Å²) in [6.45, 7) is 5.65. The van der Waals surface area contributed by atoms with Crippen molar-refractivity contribution >= 4 is 11.7 Å². The summed E-state index contributed by atoms with van der Waals surface area (Å²) < 4.78 is 5.30. The van der Waals surface area contributed by atoms with E-state index in [0.717, 1.165) is 12.0 Å². The smallest absolute Gasteiger partial charge is 0.336 e. The van der Waals surface area contributed by atoms with Gasteiger partial charge in [-0.15, -0.1) is 0 Å². The van der Waals surface area contributed by atoms with Gasteiger partial charge in [-0.05, 0) is 37.5 Å². The fourth-order valence-electron chi connectivity index (χ4n) is 1.84. The Morgan fingerprint density at radius 3 is 2.71 bits per heavy atom. The van der Waals surface area contributed by atoms with Crippen molar-refractivity contribution in [2.45, 2.75) is 39.2 Å². The lowest BCUT2D eigenvalue weighted by Crippen LogP contribution is -2.48. The van der Waals surface area contributed by atoms with Gasteiger partial charge in [0.2, 0.25) is 0 Å². The van der Waals surface area contributed by atoms with Gasteiger partial charge in [0.05, 0.1) is 0 Å². The van der Waals surface area contributed by atoms with E-state index in [-0.39, 0.29) is 11.7 Å². The molecule has 2 rings (SSSR count). The van der Waals surface area contributed by atoms with Crippen LogP contribution in [0.15, 0.2) is 12.1 Å². The highest BCUT2D eigenvalue weighted by Crippen LogP contribution is 2.41. The van der Waals surface area contributed by atoms with Crippen LogP contribution in [0, 0.1) is 0 Å². The summed E-state index contributed by atoms with van der Waals surface area (Å²) in [6, 6.07) is 3.48. The molecule has 17 heavy (non-hydrogen) atoms. The second-order valence-corrected chi connectivity index (χ2v) is 4.54. The number of hydrogen-bond donors (Lipinski definition) is 2. The number of phenolic OH excluding ortho intramolecular Hbond substituents is 1. The molecule has 0 bridgehead atoms. The molecule has 1 aliphatic rings. The number of carbonyl (C=O) groups is 1. The molecule has 1 aromatic carbocycles. The van der Waals surface area contributed by atoms with Crippen molar-refractivity contribution in [1.82, 2.24) is 0 Å². The van der Waals surface area contributed by atoms with Crippen LogP contribution in [-0.4, -0.2) is 16.6 Å². The molecule has 2 N–H and O–H groups in total. The molecule has 0 saturated carbocycles. The average Bonchev–Trinajstić information content (AvgIpc) is 2.31. The molecule has 0 unspecified atom stereocenters. The first-order valence-electron chi connectivity index (χ1n) is 5.86. The van der Waals surface area contributed by atoms with E-state index in [4.69, 9.17) is 4.74 Å². The zero-order valence-corrected chi connectivity index (χ0v) is 10.3. The summed E-state index contributed by atoms with van der Waals surface area (Å²) in [5.74, 6) is 0.240. The van der Waals surface area contributed by atoms with Gasteiger partial charge in [0.15, 0.2) is 5.75 Å². The van der Waals surface area contributed by atoms with Crippen LogP contribution in [0.3, 0.4) is 0 Å². The molecule has 0 radical (unpaired) electrons. The monoisotopic (exact) mass is 235 g/mol. The maximum Gasteiger partial charge on any atom is 0.336 e. The third kappa shape index (κ3) is 1.84. The molecule has 0 aliphatic carbocycles. The number of nitrogens with one attached hydrogen (secondary N) is 1. The molecule has 0 saturated heterocycles. The van der Waals surface area contributed by atoms with Gasteiger partial charge in [-0.1, -0.05) is 13.8 Å². The Hall–Kier alpha value is -1.71. The maximum absolute atomic E-state index is 11.9. The Balaban J connectivity index is 2.49. The molecule has 1 atom stereocenters. The standard InChI is InChI=1S/C13H17NO3/c1-4-8-6-9(15)11-10(7-8)17-12(16)13(3,5-2)14-11/h6-7,14-15H,4-5H2,1-3H3/t13-/m1/s1. The van der Waals surface area contributed by atoms with Gasteiger partial charge in [-0.3, -0.25) is 0 Å². The Kier molecular flexibility index (Phi) is 2.73. The van der Waals surface area contributed by atoms with Gasteiger partial charge in [0.1, 0.15) is 17.0 Å². The van der Waals surface area contributed by atoms with Crippen LogP contribution in [0.5, 0.6) is 11.5 Å². The molecule has 0 spiro atoms. The van der Waals surface area contributed by atoms with Crippen LogP contribution in [-0.2, 0) is 11.2 Å². The fraction of sp³-hybridized carbons (Fsp3) is 0.462. The Morgan fingerprint density at radius 1 is 1.41 bits per heavy atom. The molecular weight excluding hydrogens is 218 g/mol. The number of ether oxygens (including phenoxy) is 1. The summed E-state index contributed by atoms with van der Waals surface area (Å²) in [7, 11) is 0. The number of phenols is 1. The molecule has 1 heterocycles. The summed E-state index contributed by atoms with van der Waals surface area (Å²) >= 11 is 0. The van der Waals surface area contributed by atoms with Crippen LogP contribution >= 0.6 is 0 Å². The first-order valence-corrected chi connectivity index (χ1v) is 5.86. The zero-order valence-electron chi connectivity index (χ0n) is 10.3. The molecular formula is C13H17NO3. The van der Waals surface area contributed by atoms with Crippen LogP contribution in [0.1, 0.15) is 32.8 Å². The van der Waals surface area contributed by atoms with Gasteiger partial charge in [-0.2, -0.15) is 0 Å². The lowest BCUT2D eigenvalue weighted by molar-refractivity contribution is -0.139. The van der Waals surface area contributed by atoms with E-state index in [9.17, 15) is 9.90 Å². The molecule has 0 aromatic heterocycles. The lowest BCUT2D eigenvalue weighted by atomic mass is 9.96. The van der Waals surface area contributed by atoms with Gasteiger partial charge < -0.3 is 15.2 Å². The summed E-state index contributed by atoms with van der Waals surface area (Å²) in [6.07, 6.45) is 1.38. The highest BCUT2D eigenvalue weighted by molar-refractivity contribution is 5.92. The predicted octanol–water partition coefficient (Wildman–Crippen LogP) is 2.45. The van der Waals surface area contributed by atoms with Crippen LogP contribution in [0.25, 0.3) is 0 Å². The number of esters is 1. The summed E-state index contributed by atoms with van der Waals surface area (Å²) in [4.78, 5) is 11.9. The summed E-state index contributed by atoms with van der Waals surface area (Å²) in [5, 5.41) is 13.0. The number of aryl methyl sites for hydroxylation is 1. The largest absolute Gasteiger partial charge is 0.506 e. The van der Waals surface area contributed by atoms with Gasteiger partial charge in [0.25, 0.3) is 0 Å². The topological polar surface area (TPSA) is 58.6 Å².